The topological polar surface area (TPSA) is 143 Å². The Bertz CT molecular complexity index is 1160. The summed E-state index contributed by atoms with van der Waals surface area (Å²) in [5, 5.41) is 50.5. The van der Waals surface area contributed by atoms with Crippen molar-refractivity contribution in [2.24, 2.45) is 10.8 Å². The smallest absolute Gasteiger partial charge is 0.179 e. The summed E-state index contributed by atoms with van der Waals surface area (Å²) in [6.07, 6.45) is -0.429. The number of rotatable bonds is 3. The molecule has 1 N–H and O–H groups in total. The highest BCUT2D eigenvalue weighted by Gasteiger charge is 2.59. The second-order valence-electron chi connectivity index (χ2n) is 6.70. The van der Waals surface area contributed by atoms with E-state index in [0.29, 0.717) is 33.4 Å². The van der Waals surface area contributed by atoms with E-state index in [-0.39, 0.29) is 24.3 Å². The van der Waals surface area contributed by atoms with Crippen molar-refractivity contribution in [3.8, 4) is 47.3 Å². The zero-order valence-electron chi connectivity index (χ0n) is 16.0. The van der Waals surface area contributed by atoms with Crippen LogP contribution in [0.25, 0.3) is 10.8 Å². The number of hydrogen-bond acceptors (Lipinski definition) is 8. The lowest BCUT2D eigenvalue weighted by Crippen LogP contribution is -2.45. The van der Waals surface area contributed by atoms with Crippen molar-refractivity contribution in [3.05, 3.63) is 23.3 Å². The molecular weight excluding hydrogens is 372 g/mol. The van der Waals surface area contributed by atoms with Crippen LogP contribution in [0.15, 0.2) is 12.1 Å². The molecule has 8 nitrogen and oxygen atoms in total. The second kappa shape index (κ2) is 6.79. The monoisotopic (exact) mass is 388 g/mol. The number of phenolic OH excluding ortho intramolecular Hbond substituents is 1. The Morgan fingerprint density at radius 2 is 1.28 bits per heavy atom. The van der Waals surface area contributed by atoms with Gasteiger partial charge in [0, 0.05) is 35.4 Å². The molecule has 3 rings (SSSR count). The highest BCUT2D eigenvalue weighted by Crippen LogP contribution is 2.56. The number of nitrogens with zero attached hydrogens (tertiary/aromatic N) is 4. The van der Waals surface area contributed by atoms with Gasteiger partial charge in [-0.2, -0.15) is 21.0 Å². The van der Waals surface area contributed by atoms with Crippen molar-refractivity contribution in [2.45, 2.75) is 12.8 Å². The summed E-state index contributed by atoms with van der Waals surface area (Å²) < 4.78 is 16.4. The van der Waals surface area contributed by atoms with Crippen LogP contribution < -0.4 is 14.2 Å². The SMILES string of the molecule is COc1cc(O)c2c(OC)c3c(c(OC)c2c1)CC(C#N)(C#N)C(C#N)(C#N)C3. The predicted molar refractivity (Wildman–Crippen MR) is 100.0 cm³/mol. The quantitative estimate of drug-likeness (QED) is 0.845. The maximum Gasteiger partial charge on any atom is 0.179 e. The van der Waals surface area contributed by atoms with Gasteiger partial charge in [0.2, 0.25) is 0 Å². The van der Waals surface area contributed by atoms with E-state index in [1.54, 1.807) is 6.07 Å². The number of ether oxygens (including phenoxy) is 3. The summed E-state index contributed by atoms with van der Waals surface area (Å²) in [5.74, 6) is 0.829. The van der Waals surface area contributed by atoms with E-state index in [4.69, 9.17) is 14.2 Å². The van der Waals surface area contributed by atoms with Gasteiger partial charge in [-0.1, -0.05) is 0 Å². The van der Waals surface area contributed by atoms with Crippen LogP contribution in [0.2, 0.25) is 0 Å². The van der Waals surface area contributed by atoms with Crippen molar-refractivity contribution in [3.63, 3.8) is 0 Å². The van der Waals surface area contributed by atoms with Crippen molar-refractivity contribution in [1.82, 2.24) is 0 Å². The minimum Gasteiger partial charge on any atom is -0.507 e. The van der Waals surface area contributed by atoms with Crippen LogP contribution in [0.1, 0.15) is 11.1 Å². The number of nitriles is 4. The molecule has 29 heavy (non-hydrogen) atoms. The number of fused-ring (bicyclic) bond motifs is 2. The van der Waals surface area contributed by atoms with E-state index in [1.807, 2.05) is 24.3 Å². The minimum atomic E-state index is -1.91. The van der Waals surface area contributed by atoms with Gasteiger partial charge in [-0.05, 0) is 6.07 Å². The first-order valence-corrected chi connectivity index (χ1v) is 8.52. The first-order chi connectivity index (χ1) is 13.9. The van der Waals surface area contributed by atoms with Crippen molar-refractivity contribution in [1.29, 1.82) is 21.0 Å². The third kappa shape index (κ3) is 2.40. The Morgan fingerprint density at radius 3 is 1.69 bits per heavy atom. The Balaban J connectivity index is 2.54. The Morgan fingerprint density at radius 1 is 0.793 bits per heavy atom. The molecule has 0 heterocycles. The van der Waals surface area contributed by atoms with Crippen LogP contribution in [0.3, 0.4) is 0 Å². The average Bonchev–Trinajstić information content (AvgIpc) is 2.76. The molecule has 0 bridgehead atoms. The van der Waals surface area contributed by atoms with Crippen LogP contribution >= 0.6 is 0 Å². The molecule has 1 aliphatic rings. The second-order valence-corrected chi connectivity index (χ2v) is 6.70. The van der Waals surface area contributed by atoms with Gasteiger partial charge in [0.15, 0.2) is 10.8 Å². The molecule has 0 aliphatic heterocycles. The fourth-order valence-corrected chi connectivity index (χ4v) is 3.98. The van der Waals surface area contributed by atoms with Crippen LogP contribution in [0.4, 0.5) is 0 Å². The van der Waals surface area contributed by atoms with Gasteiger partial charge in [-0.3, -0.25) is 0 Å². The number of phenols is 1. The van der Waals surface area contributed by atoms with Gasteiger partial charge in [0.25, 0.3) is 0 Å². The predicted octanol–water partition coefficient (Wildman–Crippen LogP) is 2.74. The van der Waals surface area contributed by atoms with Crippen molar-refractivity contribution < 1.29 is 19.3 Å². The van der Waals surface area contributed by atoms with E-state index in [0.717, 1.165) is 0 Å². The van der Waals surface area contributed by atoms with Crippen molar-refractivity contribution >= 4 is 10.8 Å². The maximum atomic E-state index is 10.6. The third-order valence-electron chi connectivity index (χ3n) is 5.50. The minimum absolute atomic E-state index is 0.130. The van der Waals surface area contributed by atoms with Crippen LogP contribution in [0.5, 0.6) is 23.0 Å². The summed E-state index contributed by atoms with van der Waals surface area (Å²) in [6, 6.07) is 10.6. The van der Waals surface area contributed by atoms with Crippen molar-refractivity contribution in [2.75, 3.05) is 21.3 Å². The molecule has 0 aromatic heterocycles. The van der Waals surface area contributed by atoms with Crippen LogP contribution in [-0.4, -0.2) is 26.4 Å². The van der Waals surface area contributed by atoms with Gasteiger partial charge in [-0.25, -0.2) is 0 Å². The molecule has 2 aromatic rings. The van der Waals surface area contributed by atoms with Crippen LogP contribution in [-0.2, 0) is 12.8 Å². The largest absolute Gasteiger partial charge is 0.507 e. The number of benzene rings is 2. The molecule has 0 radical (unpaired) electrons. The zero-order valence-corrected chi connectivity index (χ0v) is 16.0. The van der Waals surface area contributed by atoms with Gasteiger partial charge in [0.1, 0.15) is 23.0 Å². The summed E-state index contributed by atoms with van der Waals surface area (Å²) in [5.41, 5.74) is -2.87. The highest BCUT2D eigenvalue weighted by atomic mass is 16.5. The van der Waals surface area contributed by atoms with E-state index >= 15 is 0 Å². The first-order valence-electron chi connectivity index (χ1n) is 8.52. The summed E-state index contributed by atoms with van der Waals surface area (Å²) >= 11 is 0. The Hall–Kier alpha value is -4.14. The lowest BCUT2D eigenvalue weighted by atomic mass is 9.56. The number of hydrogen-bond donors (Lipinski definition) is 1. The van der Waals surface area contributed by atoms with Gasteiger partial charge < -0.3 is 19.3 Å². The van der Waals surface area contributed by atoms with E-state index in [2.05, 4.69) is 0 Å². The standard InChI is InChI=1S/C21H16N4O4/c1-27-12-4-13-17(16(26)5-12)19(29-3)15-7-21(10-24,11-25)20(8-22,9-23)6-14(15)18(13)28-2/h4-5,26H,6-7H2,1-3H3. The molecule has 0 amide bonds. The van der Waals surface area contributed by atoms with E-state index in [9.17, 15) is 26.2 Å². The lowest BCUT2D eigenvalue weighted by molar-refractivity contribution is 0.263. The maximum absolute atomic E-state index is 10.6. The third-order valence-corrected chi connectivity index (χ3v) is 5.50. The molecule has 0 atom stereocenters. The molecule has 2 aromatic carbocycles. The molecule has 144 valence electrons. The highest BCUT2D eigenvalue weighted by molar-refractivity contribution is 6.01. The molecular formula is C21H16N4O4. The lowest BCUT2D eigenvalue weighted by Gasteiger charge is -2.38. The average molecular weight is 388 g/mol. The summed E-state index contributed by atoms with van der Waals surface area (Å²) in [6.45, 7) is 0. The first kappa shape index (κ1) is 19.6. The van der Waals surface area contributed by atoms with E-state index < -0.39 is 10.8 Å². The molecule has 0 saturated carbocycles. The van der Waals surface area contributed by atoms with E-state index in [1.165, 1.54) is 27.4 Å². The molecule has 0 spiro atoms. The molecule has 8 heteroatoms. The van der Waals surface area contributed by atoms with Crippen LogP contribution in [0, 0.1) is 56.2 Å². The number of aromatic hydroxyl groups is 1. The normalized spacial score (nSPS) is 15.7. The fraction of sp³-hybridized carbons (Fsp3) is 0.333. The van der Waals surface area contributed by atoms with Gasteiger partial charge >= 0.3 is 0 Å². The molecule has 0 fully saturated rings. The Kier molecular flexibility index (Phi) is 4.59. The van der Waals surface area contributed by atoms with Gasteiger partial charge in [-0.15, -0.1) is 0 Å². The summed E-state index contributed by atoms with van der Waals surface area (Å²) in [4.78, 5) is 0. The molecule has 1 aliphatic carbocycles. The summed E-state index contributed by atoms with van der Waals surface area (Å²) in [7, 11) is 4.28. The fourth-order valence-electron chi connectivity index (χ4n) is 3.98. The number of methoxy groups -OCH3 is 3. The molecule has 0 saturated heterocycles. The van der Waals surface area contributed by atoms with Gasteiger partial charge in [0.05, 0.1) is 51.0 Å². The molecule has 0 unspecified atom stereocenters. The Labute approximate surface area is 167 Å². The zero-order chi connectivity index (χ0) is 21.4.